The van der Waals surface area contributed by atoms with Crippen LogP contribution >= 0.6 is 15.9 Å². The molecule has 0 atom stereocenters. The van der Waals surface area contributed by atoms with E-state index in [1.807, 2.05) is 0 Å². The quantitative estimate of drug-likeness (QED) is 0.205. The molecule has 0 aromatic heterocycles. The molecule has 0 radical (unpaired) electrons. The van der Waals surface area contributed by atoms with E-state index in [1.54, 1.807) is 0 Å². The fourth-order valence-corrected chi connectivity index (χ4v) is 6.30. The summed E-state index contributed by atoms with van der Waals surface area (Å²) in [5.41, 5.74) is 11.3. The zero-order chi connectivity index (χ0) is 26.6. The number of hydrogen-bond donors (Lipinski definition) is 0. The van der Waals surface area contributed by atoms with Crippen molar-refractivity contribution in [1.29, 1.82) is 0 Å². The van der Waals surface area contributed by atoms with Gasteiger partial charge in [-0.15, -0.1) is 0 Å². The van der Waals surface area contributed by atoms with Gasteiger partial charge >= 0.3 is 0 Å². The normalized spacial score (nSPS) is 13.2. The van der Waals surface area contributed by atoms with Crippen LogP contribution in [-0.2, 0) is 5.41 Å². The van der Waals surface area contributed by atoms with Crippen LogP contribution in [0.5, 0.6) is 0 Å². The molecule has 39 heavy (non-hydrogen) atoms. The molecule has 0 fully saturated rings. The molecule has 6 aromatic rings. The molecule has 1 aliphatic rings. The molecule has 0 spiro atoms. The van der Waals surface area contributed by atoms with Crippen molar-refractivity contribution in [3.8, 4) is 22.3 Å². The molecule has 0 aliphatic heterocycles. The topological polar surface area (TPSA) is 3.24 Å². The maximum absolute atomic E-state index is 3.55. The van der Waals surface area contributed by atoms with Crippen molar-refractivity contribution in [2.45, 2.75) is 19.3 Å². The van der Waals surface area contributed by atoms with Gasteiger partial charge in [-0.2, -0.15) is 0 Å². The molecule has 0 amide bonds. The molecule has 0 heterocycles. The zero-order valence-electron chi connectivity index (χ0n) is 22.0. The van der Waals surface area contributed by atoms with Gasteiger partial charge in [-0.25, -0.2) is 0 Å². The Bertz CT molecular complexity index is 1830. The molecule has 6 aromatic carbocycles. The van der Waals surface area contributed by atoms with E-state index in [9.17, 15) is 0 Å². The Kier molecular flexibility index (Phi) is 5.68. The van der Waals surface area contributed by atoms with E-state index in [4.69, 9.17) is 0 Å². The highest BCUT2D eigenvalue weighted by atomic mass is 79.9. The lowest BCUT2D eigenvalue weighted by Crippen LogP contribution is -2.16. The summed E-state index contributed by atoms with van der Waals surface area (Å²) < 4.78 is 1.09. The Morgan fingerprint density at radius 3 is 1.82 bits per heavy atom. The number of hydrogen-bond acceptors (Lipinski definition) is 1. The van der Waals surface area contributed by atoms with Crippen LogP contribution in [0.1, 0.15) is 25.0 Å². The summed E-state index contributed by atoms with van der Waals surface area (Å²) in [4.78, 5) is 2.39. The van der Waals surface area contributed by atoms with Gasteiger partial charge < -0.3 is 4.90 Å². The van der Waals surface area contributed by atoms with Crippen LogP contribution in [0, 0.1) is 0 Å². The maximum atomic E-state index is 3.55. The minimum atomic E-state index is -0.0531. The van der Waals surface area contributed by atoms with E-state index in [0.29, 0.717) is 0 Å². The number of halogens is 1. The summed E-state index contributed by atoms with van der Waals surface area (Å²) in [6.07, 6.45) is 0. The van der Waals surface area contributed by atoms with Gasteiger partial charge in [0.25, 0.3) is 0 Å². The minimum Gasteiger partial charge on any atom is -0.310 e. The van der Waals surface area contributed by atoms with Gasteiger partial charge in [-0.3, -0.25) is 0 Å². The van der Waals surface area contributed by atoms with Crippen LogP contribution in [0.25, 0.3) is 33.0 Å². The number of anilines is 3. The molecule has 0 N–H and O–H groups in total. The summed E-state index contributed by atoms with van der Waals surface area (Å²) in [5.74, 6) is 0. The first-order valence-corrected chi connectivity index (χ1v) is 14.2. The van der Waals surface area contributed by atoms with Crippen LogP contribution in [0.3, 0.4) is 0 Å². The average molecular weight is 567 g/mol. The van der Waals surface area contributed by atoms with Crippen molar-refractivity contribution in [2.24, 2.45) is 0 Å². The highest BCUT2D eigenvalue weighted by Gasteiger charge is 2.35. The second-order valence-electron chi connectivity index (χ2n) is 10.8. The Balaban J connectivity index is 1.37. The molecular formula is C37H28BrN. The number of rotatable bonds is 4. The van der Waals surface area contributed by atoms with Gasteiger partial charge in [-0.05, 0) is 92.7 Å². The molecule has 1 aliphatic carbocycles. The minimum absolute atomic E-state index is 0.0531. The molecule has 188 valence electrons. The van der Waals surface area contributed by atoms with Crippen LogP contribution in [-0.4, -0.2) is 0 Å². The van der Waals surface area contributed by atoms with Crippen molar-refractivity contribution in [3.63, 3.8) is 0 Å². The van der Waals surface area contributed by atoms with Crippen molar-refractivity contribution in [1.82, 2.24) is 0 Å². The van der Waals surface area contributed by atoms with E-state index < -0.39 is 0 Å². The summed E-state index contributed by atoms with van der Waals surface area (Å²) in [5, 5.41) is 2.48. The fraction of sp³-hybridized carbons (Fsp3) is 0.0811. The van der Waals surface area contributed by atoms with Crippen molar-refractivity contribution in [2.75, 3.05) is 4.90 Å². The summed E-state index contributed by atoms with van der Waals surface area (Å²) >= 11 is 3.55. The second kappa shape index (κ2) is 9.25. The van der Waals surface area contributed by atoms with Crippen molar-refractivity contribution in [3.05, 3.63) is 149 Å². The van der Waals surface area contributed by atoms with Gasteiger partial charge in [0, 0.05) is 26.9 Å². The summed E-state index contributed by atoms with van der Waals surface area (Å²) in [6, 6.07) is 48.5. The number of fused-ring (bicyclic) bond motifs is 4. The SMILES string of the molecule is CC1(C)c2ccccc2-c2ccc(N(c3ccc(-c4ccc(Br)cc4)cc3)c3ccc4ccccc4c3)cc21. The van der Waals surface area contributed by atoms with Crippen LogP contribution < -0.4 is 4.90 Å². The fourth-order valence-electron chi connectivity index (χ4n) is 6.04. The Morgan fingerprint density at radius 1 is 0.487 bits per heavy atom. The van der Waals surface area contributed by atoms with Crippen LogP contribution in [0.15, 0.2) is 138 Å². The van der Waals surface area contributed by atoms with Gasteiger partial charge in [0.2, 0.25) is 0 Å². The van der Waals surface area contributed by atoms with Gasteiger partial charge in [0.05, 0.1) is 0 Å². The molecule has 0 saturated carbocycles. The van der Waals surface area contributed by atoms with Gasteiger partial charge in [-0.1, -0.05) is 115 Å². The Hall–Kier alpha value is -4.14. The summed E-state index contributed by atoms with van der Waals surface area (Å²) in [6.45, 7) is 4.68. The lowest BCUT2D eigenvalue weighted by Gasteiger charge is -2.28. The second-order valence-corrected chi connectivity index (χ2v) is 11.7. The predicted octanol–water partition coefficient (Wildman–Crippen LogP) is 11.0. The molecule has 2 heteroatoms. The Morgan fingerprint density at radius 2 is 1.05 bits per heavy atom. The standard InChI is InChI=1S/C37H28BrN/c1-37(2)35-10-6-5-9-33(35)34-22-21-32(24-36(34)37)39(31-20-15-25-7-3-4-8-28(25)23-31)30-18-13-27(14-19-30)26-11-16-29(38)17-12-26/h3-24H,1-2H3. The van der Waals surface area contributed by atoms with Crippen LogP contribution in [0.4, 0.5) is 17.1 Å². The van der Waals surface area contributed by atoms with E-state index in [-0.39, 0.29) is 5.41 Å². The monoisotopic (exact) mass is 565 g/mol. The zero-order valence-corrected chi connectivity index (χ0v) is 23.6. The molecular weight excluding hydrogens is 538 g/mol. The van der Waals surface area contributed by atoms with Crippen molar-refractivity contribution >= 4 is 43.8 Å². The average Bonchev–Trinajstić information content (AvgIpc) is 3.20. The van der Waals surface area contributed by atoms with Gasteiger partial charge in [0.1, 0.15) is 0 Å². The first-order chi connectivity index (χ1) is 19.0. The molecule has 7 rings (SSSR count). The smallest absolute Gasteiger partial charge is 0.0468 e. The van der Waals surface area contributed by atoms with E-state index in [1.165, 1.54) is 49.8 Å². The first-order valence-electron chi connectivity index (χ1n) is 13.4. The first kappa shape index (κ1) is 23.9. The predicted molar refractivity (Wildman–Crippen MR) is 169 cm³/mol. The summed E-state index contributed by atoms with van der Waals surface area (Å²) in [7, 11) is 0. The van der Waals surface area contributed by atoms with Crippen molar-refractivity contribution < 1.29 is 0 Å². The maximum Gasteiger partial charge on any atom is 0.0468 e. The largest absolute Gasteiger partial charge is 0.310 e. The third kappa shape index (κ3) is 4.07. The molecule has 0 saturated heterocycles. The van der Waals surface area contributed by atoms with Gasteiger partial charge in [0.15, 0.2) is 0 Å². The lowest BCUT2D eigenvalue weighted by atomic mass is 9.82. The van der Waals surface area contributed by atoms with E-state index in [2.05, 4.69) is 168 Å². The third-order valence-electron chi connectivity index (χ3n) is 8.12. The Labute approximate surface area is 238 Å². The third-order valence-corrected chi connectivity index (χ3v) is 8.65. The highest BCUT2D eigenvalue weighted by molar-refractivity contribution is 9.10. The van der Waals surface area contributed by atoms with E-state index in [0.717, 1.165) is 15.8 Å². The highest BCUT2D eigenvalue weighted by Crippen LogP contribution is 2.50. The van der Waals surface area contributed by atoms with Crippen LogP contribution in [0.2, 0.25) is 0 Å². The van der Waals surface area contributed by atoms with E-state index >= 15 is 0 Å². The molecule has 0 unspecified atom stereocenters. The molecule has 0 bridgehead atoms. The molecule has 1 nitrogen and oxygen atoms in total. The lowest BCUT2D eigenvalue weighted by molar-refractivity contribution is 0.660. The number of benzene rings is 6. The number of nitrogens with zero attached hydrogens (tertiary/aromatic N) is 1.